The van der Waals surface area contributed by atoms with Crippen LogP contribution >= 0.6 is 11.8 Å². The first-order chi connectivity index (χ1) is 18.7. The second-order valence-electron chi connectivity index (χ2n) is 9.78. The van der Waals surface area contributed by atoms with Crippen LogP contribution in [0, 0.1) is 0 Å². The van der Waals surface area contributed by atoms with Gasteiger partial charge in [0, 0.05) is 39.6 Å². The third-order valence-corrected chi connectivity index (χ3v) is 9.96. The number of carbonyl (C=O) groups is 2. The molecular weight excluding hydrogens is 569 g/mol. The SMILES string of the molecule is CC1(C)SCCN(S(=O)(=O)c2ccc3oc4cc(NC(=O)c5ccccc5C(F)(F)F)ccc4c3c2)C1C(=O)O. The van der Waals surface area contributed by atoms with Crippen molar-refractivity contribution < 1.29 is 40.7 Å². The molecule has 1 aliphatic rings. The molecule has 0 saturated carbocycles. The Kier molecular flexibility index (Phi) is 6.87. The summed E-state index contributed by atoms with van der Waals surface area (Å²) in [6.45, 7) is 3.43. The maximum Gasteiger partial charge on any atom is 0.417 e. The Morgan fingerprint density at radius 2 is 1.77 bits per heavy atom. The molecule has 8 nitrogen and oxygen atoms in total. The van der Waals surface area contributed by atoms with Gasteiger partial charge in [0.2, 0.25) is 10.0 Å². The highest BCUT2D eigenvalue weighted by atomic mass is 32.2. The third-order valence-electron chi connectivity index (χ3n) is 6.75. The molecule has 2 N–H and O–H groups in total. The molecule has 210 valence electrons. The highest BCUT2D eigenvalue weighted by molar-refractivity contribution is 8.00. The van der Waals surface area contributed by atoms with Crippen molar-refractivity contribution in [3.63, 3.8) is 0 Å². The van der Waals surface area contributed by atoms with Crippen LogP contribution in [0.2, 0.25) is 0 Å². The zero-order valence-electron chi connectivity index (χ0n) is 21.2. The Morgan fingerprint density at radius 1 is 1.05 bits per heavy atom. The summed E-state index contributed by atoms with van der Waals surface area (Å²) in [5.74, 6) is -1.75. The molecule has 2 heterocycles. The van der Waals surface area contributed by atoms with Gasteiger partial charge in [-0.25, -0.2) is 8.42 Å². The van der Waals surface area contributed by atoms with Gasteiger partial charge in [-0.3, -0.25) is 9.59 Å². The minimum absolute atomic E-state index is 0.0398. The molecule has 1 fully saturated rings. The highest BCUT2D eigenvalue weighted by Crippen LogP contribution is 2.40. The van der Waals surface area contributed by atoms with E-state index < -0.39 is 50.0 Å². The minimum Gasteiger partial charge on any atom is -0.480 e. The number of sulfonamides is 1. The van der Waals surface area contributed by atoms with Crippen LogP contribution < -0.4 is 5.32 Å². The van der Waals surface area contributed by atoms with Crippen LogP contribution in [-0.2, 0) is 21.0 Å². The number of halogens is 3. The molecule has 13 heteroatoms. The Balaban J connectivity index is 1.49. The summed E-state index contributed by atoms with van der Waals surface area (Å²) in [5.41, 5.74) is -0.811. The van der Waals surface area contributed by atoms with Gasteiger partial charge in [-0.05, 0) is 56.3 Å². The van der Waals surface area contributed by atoms with Gasteiger partial charge >= 0.3 is 12.1 Å². The van der Waals surface area contributed by atoms with Gasteiger partial charge in [-0.15, -0.1) is 0 Å². The summed E-state index contributed by atoms with van der Waals surface area (Å²) >= 11 is 1.40. The van der Waals surface area contributed by atoms with Crippen LogP contribution in [0.15, 0.2) is 70.0 Å². The number of nitrogens with zero attached hydrogens (tertiary/aromatic N) is 1. The Morgan fingerprint density at radius 3 is 2.48 bits per heavy atom. The molecule has 1 aliphatic heterocycles. The fourth-order valence-corrected chi connectivity index (χ4v) is 8.01. The second-order valence-corrected chi connectivity index (χ2v) is 13.4. The lowest BCUT2D eigenvalue weighted by molar-refractivity contribution is -0.142. The predicted octanol–water partition coefficient (Wildman–Crippen LogP) is 5.83. The van der Waals surface area contributed by atoms with E-state index in [4.69, 9.17) is 4.42 Å². The number of carboxylic acids is 1. The van der Waals surface area contributed by atoms with E-state index in [1.165, 1.54) is 54.2 Å². The number of benzene rings is 3. The Bertz CT molecular complexity index is 1770. The molecule has 3 aromatic carbocycles. The van der Waals surface area contributed by atoms with Crippen LogP contribution in [0.25, 0.3) is 21.9 Å². The molecule has 1 aromatic heterocycles. The van der Waals surface area contributed by atoms with E-state index >= 15 is 0 Å². The van der Waals surface area contributed by atoms with Crippen LogP contribution in [0.3, 0.4) is 0 Å². The van der Waals surface area contributed by atoms with E-state index in [-0.39, 0.29) is 22.7 Å². The zero-order valence-corrected chi connectivity index (χ0v) is 22.8. The summed E-state index contributed by atoms with van der Waals surface area (Å²) in [6, 6.07) is 11.8. The van der Waals surface area contributed by atoms with Crippen LogP contribution in [0.1, 0.15) is 29.8 Å². The summed E-state index contributed by atoms with van der Waals surface area (Å²) in [5, 5.41) is 13.2. The van der Waals surface area contributed by atoms with Crippen LogP contribution in [0.4, 0.5) is 18.9 Å². The fraction of sp³-hybridized carbons (Fsp3) is 0.259. The standard InChI is InChI=1S/C27H23F3N2O6S2/c1-26(2)23(25(34)35)32(11-12-39-26)40(36,37)16-8-10-21-19(14-16)17-9-7-15(13-22(17)38-21)31-24(33)18-5-3-4-6-20(18)27(28,29)30/h3-10,13-14,23H,11-12H2,1-2H3,(H,31,33)(H,34,35). The number of alkyl halides is 3. The predicted molar refractivity (Wildman–Crippen MR) is 145 cm³/mol. The summed E-state index contributed by atoms with van der Waals surface area (Å²) in [6.07, 6.45) is -4.71. The fourth-order valence-electron chi connectivity index (χ4n) is 4.89. The molecule has 5 rings (SSSR count). The lowest BCUT2D eigenvalue weighted by atomic mass is 10.0. The number of hydrogen-bond acceptors (Lipinski definition) is 6. The van der Waals surface area contributed by atoms with E-state index in [0.717, 1.165) is 16.4 Å². The van der Waals surface area contributed by atoms with Crippen molar-refractivity contribution in [2.75, 3.05) is 17.6 Å². The number of fused-ring (bicyclic) bond motifs is 3. The van der Waals surface area contributed by atoms with E-state index in [9.17, 15) is 36.3 Å². The van der Waals surface area contributed by atoms with Gasteiger partial charge in [0.1, 0.15) is 17.2 Å². The maximum absolute atomic E-state index is 13.6. The number of thioether (sulfide) groups is 1. The zero-order chi connectivity index (χ0) is 29.0. The topological polar surface area (TPSA) is 117 Å². The normalized spacial score (nSPS) is 18.2. The third kappa shape index (κ3) is 4.93. The molecule has 0 aliphatic carbocycles. The van der Waals surface area contributed by atoms with Crippen molar-refractivity contribution in [3.8, 4) is 0 Å². The van der Waals surface area contributed by atoms with Crippen molar-refractivity contribution in [1.29, 1.82) is 0 Å². The van der Waals surface area contributed by atoms with Crippen molar-refractivity contribution in [3.05, 3.63) is 71.8 Å². The second kappa shape index (κ2) is 9.82. The molecule has 0 spiro atoms. The Labute approximate surface area is 231 Å². The van der Waals surface area contributed by atoms with Crippen molar-refractivity contribution >= 4 is 61.3 Å². The molecule has 0 radical (unpaired) electrons. The van der Waals surface area contributed by atoms with Gasteiger partial charge in [0.15, 0.2) is 0 Å². The number of carbonyl (C=O) groups excluding carboxylic acids is 1. The van der Waals surface area contributed by atoms with Crippen molar-refractivity contribution in [1.82, 2.24) is 4.31 Å². The highest BCUT2D eigenvalue weighted by Gasteiger charge is 2.48. The maximum atomic E-state index is 13.6. The molecule has 1 amide bonds. The number of carboxylic acid groups (broad SMARTS) is 1. The van der Waals surface area contributed by atoms with Gasteiger partial charge in [0.25, 0.3) is 5.91 Å². The van der Waals surface area contributed by atoms with E-state index in [0.29, 0.717) is 22.1 Å². The van der Waals surface area contributed by atoms with Crippen LogP contribution in [-0.4, -0.2) is 52.8 Å². The average molecular weight is 593 g/mol. The lowest BCUT2D eigenvalue weighted by Crippen LogP contribution is -2.58. The van der Waals surface area contributed by atoms with Gasteiger partial charge in [-0.1, -0.05) is 12.1 Å². The monoisotopic (exact) mass is 592 g/mol. The number of furan rings is 1. The lowest BCUT2D eigenvalue weighted by Gasteiger charge is -2.42. The number of anilines is 1. The molecule has 0 bridgehead atoms. The Hall–Kier alpha value is -3.55. The van der Waals surface area contributed by atoms with Crippen molar-refractivity contribution in [2.24, 2.45) is 0 Å². The van der Waals surface area contributed by atoms with E-state index in [1.807, 2.05) is 0 Å². The number of aliphatic carboxylic acids is 1. The average Bonchev–Trinajstić information content (AvgIpc) is 3.24. The van der Waals surface area contributed by atoms with Crippen LogP contribution in [0.5, 0.6) is 0 Å². The largest absolute Gasteiger partial charge is 0.480 e. The number of amides is 1. The number of rotatable bonds is 5. The summed E-state index contributed by atoms with van der Waals surface area (Å²) in [4.78, 5) is 24.6. The molecule has 1 unspecified atom stereocenters. The molecular formula is C27H23F3N2O6S2. The van der Waals surface area contributed by atoms with E-state index in [1.54, 1.807) is 19.9 Å². The molecule has 1 saturated heterocycles. The smallest absolute Gasteiger partial charge is 0.417 e. The molecule has 1 atom stereocenters. The first kappa shape index (κ1) is 28.0. The first-order valence-corrected chi connectivity index (χ1v) is 14.5. The van der Waals surface area contributed by atoms with Gasteiger partial charge in [-0.2, -0.15) is 29.2 Å². The number of hydrogen-bond donors (Lipinski definition) is 2. The quantitative estimate of drug-likeness (QED) is 0.300. The summed E-state index contributed by atoms with van der Waals surface area (Å²) in [7, 11) is -4.19. The van der Waals surface area contributed by atoms with E-state index in [2.05, 4.69) is 5.32 Å². The molecule has 4 aromatic rings. The first-order valence-electron chi connectivity index (χ1n) is 12.0. The minimum atomic E-state index is -4.71. The summed E-state index contributed by atoms with van der Waals surface area (Å²) < 4.78 is 73.2. The van der Waals surface area contributed by atoms with Crippen molar-refractivity contribution in [2.45, 2.75) is 35.7 Å². The molecule has 40 heavy (non-hydrogen) atoms. The number of nitrogens with one attached hydrogen (secondary N) is 1. The van der Waals surface area contributed by atoms with Gasteiger partial charge in [0.05, 0.1) is 16.0 Å². The van der Waals surface area contributed by atoms with Gasteiger partial charge < -0.3 is 14.8 Å².